The smallest absolute Gasteiger partial charge is 0.331 e. The highest BCUT2D eigenvalue weighted by molar-refractivity contribution is 7.90. The molecule has 9 heteroatoms. The minimum atomic E-state index is -3.70. The maximum atomic E-state index is 12.5. The van der Waals surface area contributed by atoms with E-state index >= 15 is 0 Å². The zero-order chi connectivity index (χ0) is 21.2. The molecule has 2 aromatic rings. The van der Waals surface area contributed by atoms with E-state index in [1.165, 1.54) is 24.8 Å². The van der Waals surface area contributed by atoms with Crippen LogP contribution in [0, 0.1) is 0 Å². The lowest BCUT2D eigenvalue weighted by Gasteiger charge is -2.22. The van der Waals surface area contributed by atoms with Gasteiger partial charge in [0.15, 0.2) is 6.10 Å². The topological polar surface area (TPSA) is 105 Å². The number of rotatable bonds is 5. The highest BCUT2D eigenvalue weighted by Crippen LogP contribution is 2.22. The van der Waals surface area contributed by atoms with Gasteiger partial charge in [-0.2, -0.15) is 0 Å². The van der Waals surface area contributed by atoms with Crippen molar-refractivity contribution < 1.29 is 22.7 Å². The van der Waals surface area contributed by atoms with Crippen LogP contribution in [0.25, 0.3) is 0 Å². The van der Waals surface area contributed by atoms with Crippen molar-refractivity contribution in [2.24, 2.45) is 4.99 Å². The SMILES string of the molecule is CC(OC(=O)[C@H](C)N=C1NS(=O)(=O)c2ccccc21)C(=O)N(C)c1ccccc1. The number of hydrogen-bond acceptors (Lipinski definition) is 6. The predicted molar refractivity (Wildman–Crippen MR) is 108 cm³/mol. The Bertz CT molecular complexity index is 1070. The number of anilines is 1. The summed E-state index contributed by atoms with van der Waals surface area (Å²) in [5.41, 5.74) is 1.06. The van der Waals surface area contributed by atoms with Gasteiger partial charge < -0.3 is 9.64 Å². The lowest BCUT2D eigenvalue weighted by Crippen LogP contribution is -2.39. The molecule has 1 aliphatic heterocycles. The summed E-state index contributed by atoms with van der Waals surface area (Å²) in [7, 11) is -2.10. The molecule has 1 unspecified atom stereocenters. The largest absolute Gasteiger partial charge is 0.451 e. The Morgan fingerprint density at radius 1 is 1.03 bits per heavy atom. The number of carbonyl (C=O) groups is 2. The molecule has 2 atom stereocenters. The number of amides is 1. The number of benzene rings is 2. The predicted octanol–water partition coefficient (Wildman–Crippen LogP) is 1.71. The first kappa shape index (κ1) is 20.5. The Hall–Kier alpha value is -3.20. The summed E-state index contributed by atoms with van der Waals surface area (Å²) in [6.07, 6.45) is -1.03. The van der Waals surface area contributed by atoms with Gasteiger partial charge in [-0.15, -0.1) is 0 Å². The van der Waals surface area contributed by atoms with Gasteiger partial charge in [0.05, 0.1) is 4.90 Å². The summed E-state index contributed by atoms with van der Waals surface area (Å²) < 4.78 is 31.9. The summed E-state index contributed by atoms with van der Waals surface area (Å²) in [4.78, 5) is 30.6. The van der Waals surface area contributed by atoms with Crippen LogP contribution >= 0.6 is 0 Å². The molecule has 0 aromatic heterocycles. The number of fused-ring (bicyclic) bond motifs is 1. The Labute approximate surface area is 169 Å². The zero-order valence-electron chi connectivity index (χ0n) is 16.2. The van der Waals surface area contributed by atoms with Crippen molar-refractivity contribution >= 4 is 33.4 Å². The van der Waals surface area contributed by atoms with E-state index in [-0.39, 0.29) is 10.7 Å². The number of amidine groups is 1. The normalized spacial score (nSPS) is 17.7. The van der Waals surface area contributed by atoms with Gasteiger partial charge in [0.2, 0.25) is 0 Å². The first-order valence-corrected chi connectivity index (χ1v) is 10.4. The summed E-state index contributed by atoms with van der Waals surface area (Å²) in [6.45, 7) is 2.95. The van der Waals surface area contributed by atoms with Gasteiger partial charge in [-0.25, -0.2) is 13.2 Å². The molecule has 152 valence electrons. The van der Waals surface area contributed by atoms with Crippen molar-refractivity contribution in [3.8, 4) is 0 Å². The number of aliphatic imine (C=N–C) groups is 1. The summed E-state index contributed by atoms with van der Waals surface area (Å²) in [6, 6.07) is 14.3. The molecular formula is C20H21N3O5S. The third-order valence-electron chi connectivity index (χ3n) is 4.44. The van der Waals surface area contributed by atoms with Gasteiger partial charge in [-0.1, -0.05) is 30.3 Å². The minimum Gasteiger partial charge on any atom is -0.451 e. The second-order valence-electron chi connectivity index (χ2n) is 6.57. The standard InChI is InChI=1S/C20H21N3O5S/c1-13(21-18-16-11-7-8-12-17(16)29(26,27)22-18)20(25)28-14(2)19(24)23(3)15-9-5-4-6-10-15/h4-14H,1-3H3,(H,21,22)/t13-,14?/m0/s1. The van der Waals surface area contributed by atoms with Crippen LogP contribution in [0.2, 0.25) is 0 Å². The fourth-order valence-corrected chi connectivity index (χ4v) is 4.09. The van der Waals surface area contributed by atoms with E-state index in [1.54, 1.807) is 49.5 Å². The number of likely N-dealkylation sites (N-methyl/N-ethyl adjacent to an activating group) is 1. The number of nitrogens with zero attached hydrogens (tertiary/aromatic N) is 2. The molecule has 0 bridgehead atoms. The van der Waals surface area contributed by atoms with Crippen molar-refractivity contribution in [3.63, 3.8) is 0 Å². The minimum absolute atomic E-state index is 0.0745. The van der Waals surface area contributed by atoms with Crippen LogP contribution in [0.5, 0.6) is 0 Å². The molecule has 0 saturated heterocycles. The summed E-state index contributed by atoms with van der Waals surface area (Å²) in [5.74, 6) is -1.05. The van der Waals surface area contributed by atoms with Crippen LogP contribution in [-0.4, -0.2) is 45.3 Å². The highest BCUT2D eigenvalue weighted by atomic mass is 32.2. The first-order chi connectivity index (χ1) is 13.7. The van der Waals surface area contributed by atoms with Crippen LogP contribution in [0.1, 0.15) is 19.4 Å². The zero-order valence-corrected chi connectivity index (χ0v) is 17.0. The van der Waals surface area contributed by atoms with Gasteiger partial charge in [-0.05, 0) is 38.1 Å². The maximum absolute atomic E-state index is 12.5. The van der Waals surface area contributed by atoms with Gasteiger partial charge in [0.1, 0.15) is 11.9 Å². The highest BCUT2D eigenvalue weighted by Gasteiger charge is 2.32. The summed E-state index contributed by atoms with van der Waals surface area (Å²) >= 11 is 0. The molecule has 2 aromatic carbocycles. The van der Waals surface area contributed by atoms with Gasteiger partial charge in [-0.3, -0.25) is 14.5 Å². The molecule has 1 N–H and O–H groups in total. The number of ether oxygens (including phenoxy) is 1. The number of hydrogen-bond donors (Lipinski definition) is 1. The Morgan fingerprint density at radius 3 is 2.34 bits per heavy atom. The van der Waals surface area contributed by atoms with E-state index in [0.717, 1.165) is 0 Å². The molecule has 1 heterocycles. The van der Waals surface area contributed by atoms with Crippen LogP contribution in [0.15, 0.2) is 64.5 Å². The number of nitrogens with one attached hydrogen (secondary N) is 1. The monoisotopic (exact) mass is 415 g/mol. The Balaban J connectivity index is 1.70. The van der Waals surface area contributed by atoms with Gasteiger partial charge in [0, 0.05) is 18.3 Å². The third-order valence-corrected chi connectivity index (χ3v) is 5.84. The molecule has 1 amide bonds. The van der Waals surface area contributed by atoms with Gasteiger partial charge >= 0.3 is 5.97 Å². The third kappa shape index (κ3) is 4.29. The molecule has 0 spiro atoms. The molecular weight excluding hydrogens is 394 g/mol. The molecule has 0 saturated carbocycles. The van der Waals surface area contributed by atoms with Crippen LogP contribution in [0.3, 0.4) is 0 Å². The number of carbonyl (C=O) groups excluding carboxylic acids is 2. The molecule has 8 nitrogen and oxygen atoms in total. The van der Waals surface area contributed by atoms with Crippen molar-refractivity contribution in [2.75, 3.05) is 11.9 Å². The fraction of sp³-hybridized carbons (Fsp3) is 0.250. The fourth-order valence-electron chi connectivity index (χ4n) is 2.85. The average Bonchev–Trinajstić information content (AvgIpc) is 2.97. The molecule has 0 fully saturated rings. The number of sulfonamides is 1. The lowest BCUT2D eigenvalue weighted by atomic mass is 10.2. The molecule has 3 rings (SSSR count). The number of esters is 1. The van der Waals surface area contributed by atoms with E-state index < -0.39 is 34.0 Å². The van der Waals surface area contributed by atoms with E-state index in [4.69, 9.17) is 4.74 Å². The average molecular weight is 415 g/mol. The van der Waals surface area contributed by atoms with Crippen molar-refractivity contribution in [2.45, 2.75) is 30.9 Å². The Kier molecular flexibility index (Phi) is 5.69. The summed E-state index contributed by atoms with van der Waals surface area (Å²) in [5, 5.41) is 0. The van der Waals surface area contributed by atoms with Crippen molar-refractivity contribution in [1.29, 1.82) is 0 Å². The molecule has 0 radical (unpaired) electrons. The van der Waals surface area contributed by atoms with Gasteiger partial charge in [0.25, 0.3) is 15.9 Å². The van der Waals surface area contributed by atoms with Crippen LogP contribution < -0.4 is 9.62 Å². The molecule has 29 heavy (non-hydrogen) atoms. The molecule has 1 aliphatic rings. The lowest BCUT2D eigenvalue weighted by molar-refractivity contribution is -0.154. The Morgan fingerprint density at radius 2 is 1.66 bits per heavy atom. The van der Waals surface area contributed by atoms with E-state index in [2.05, 4.69) is 9.71 Å². The molecule has 0 aliphatic carbocycles. The van der Waals surface area contributed by atoms with E-state index in [1.807, 2.05) is 6.07 Å². The quantitative estimate of drug-likeness (QED) is 0.749. The van der Waals surface area contributed by atoms with Crippen LogP contribution in [0.4, 0.5) is 5.69 Å². The van der Waals surface area contributed by atoms with Crippen molar-refractivity contribution in [1.82, 2.24) is 4.72 Å². The second-order valence-corrected chi connectivity index (χ2v) is 8.22. The van der Waals surface area contributed by atoms with Crippen LogP contribution in [-0.2, 0) is 24.3 Å². The second kappa shape index (κ2) is 8.04. The number of para-hydroxylation sites is 1. The van der Waals surface area contributed by atoms with Crippen molar-refractivity contribution in [3.05, 3.63) is 60.2 Å². The van der Waals surface area contributed by atoms with E-state index in [0.29, 0.717) is 11.3 Å². The first-order valence-electron chi connectivity index (χ1n) is 8.94. The van der Waals surface area contributed by atoms with E-state index in [9.17, 15) is 18.0 Å². The maximum Gasteiger partial charge on any atom is 0.331 e.